The van der Waals surface area contributed by atoms with Crippen LogP contribution in [-0.2, 0) is 5.75 Å². The number of aromatic nitrogens is 2. The highest BCUT2D eigenvalue weighted by molar-refractivity contribution is 7.98. The Morgan fingerprint density at radius 3 is 2.42 bits per heavy atom. The predicted octanol–water partition coefficient (Wildman–Crippen LogP) is 3.83. The van der Waals surface area contributed by atoms with E-state index in [0.717, 1.165) is 11.1 Å². The number of hydrogen-bond acceptors (Lipinski definition) is 5. The lowest BCUT2D eigenvalue weighted by Gasteiger charge is -2.10. The van der Waals surface area contributed by atoms with Crippen LogP contribution >= 0.6 is 23.4 Å². The Morgan fingerprint density at radius 1 is 1.08 bits per heavy atom. The first-order valence-electron chi connectivity index (χ1n) is 7.61. The van der Waals surface area contributed by atoms with Crippen LogP contribution < -0.4 is 10.7 Å². The molecule has 0 aliphatic heterocycles. The number of benzene rings is 1. The van der Waals surface area contributed by atoms with Gasteiger partial charge in [0.25, 0.3) is 5.82 Å². The zero-order chi connectivity index (χ0) is 18.5. The van der Waals surface area contributed by atoms with Crippen LogP contribution in [0.1, 0.15) is 16.7 Å². The van der Waals surface area contributed by atoms with Crippen molar-refractivity contribution in [2.24, 2.45) is 0 Å². The summed E-state index contributed by atoms with van der Waals surface area (Å²) in [6.45, 7) is 0. The maximum Gasteiger partial charge on any atom is 0.289 e. The summed E-state index contributed by atoms with van der Waals surface area (Å²) < 4.78 is 0. The van der Waals surface area contributed by atoms with Crippen molar-refractivity contribution in [3.05, 3.63) is 70.5 Å². The van der Waals surface area contributed by atoms with E-state index >= 15 is 0 Å². The van der Waals surface area contributed by atoms with E-state index < -0.39 is 0 Å². The van der Waals surface area contributed by atoms with Gasteiger partial charge in [0.05, 0.1) is 0 Å². The second kappa shape index (κ2) is 7.88. The molecule has 0 bridgehead atoms. The number of thioether (sulfide) groups is 1. The molecule has 5 nitrogen and oxygen atoms in total. The van der Waals surface area contributed by atoms with Crippen LogP contribution in [0.25, 0.3) is 11.1 Å². The van der Waals surface area contributed by atoms with Gasteiger partial charge < -0.3 is 0 Å². The van der Waals surface area contributed by atoms with E-state index in [1.54, 1.807) is 12.3 Å². The smallest absolute Gasteiger partial charge is 0.286 e. The molecule has 0 atom stereocenters. The lowest BCUT2D eigenvalue weighted by molar-refractivity contribution is -0.410. The summed E-state index contributed by atoms with van der Waals surface area (Å²) in [4.78, 5) is 7.04. The second-order valence-corrected chi connectivity index (χ2v) is 6.73. The van der Waals surface area contributed by atoms with E-state index in [9.17, 15) is 10.5 Å². The van der Waals surface area contributed by atoms with Crippen LogP contribution in [0.3, 0.4) is 0 Å². The van der Waals surface area contributed by atoms with Gasteiger partial charge in [-0.3, -0.25) is 5.73 Å². The van der Waals surface area contributed by atoms with Crippen molar-refractivity contribution in [2.45, 2.75) is 10.8 Å². The molecule has 7 heteroatoms. The molecule has 26 heavy (non-hydrogen) atoms. The Morgan fingerprint density at radius 2 is 1.81 bits per heavy atom. The fourth-order valence-corrected chi connectivity index (χ4v) is 3.56. The van der Waals surface area contributed by atoms with Crippen LogP contribution in [-0.4, -0.2) is 4.98 Å². The summed E-state index contributed by atoms with van der Waals surface area (Å²) >= 11 is 7.23. The number of hydrogen-bond donors (Lipinski definition) is 1. The number of rotatable bonds is 4. The number of H-pyrrole nitrogens is 1. The minimum Gasteiger partial charge on any atom is -0.286 e. The highest BCUT2D eigenvalue weighted by Crippen LogP contribution is 2.34. The third kappa shape index (κ3) is 3.62. The van der Waals surface area contributed by atoms with Crippen molar-refractivity contribution >= 4 is 29.2 Å². The summed E-state index contributed by atoms with van der Waals surface area (Å²) in [7, 11) is 0. The van der Waals surface area contributed by atoms with E-state index in [2.05, 4.69) is 22.1 Å². The van der Waals surface area contributed by atoms with Crippen molar-refractivity contribution in [2.75, 3.05) is 5.73 Å². The standard InChI is InChI=1S/C19H12ClN5S/c20-16-7-6-12(10-24-16)11-26-19-15(9-22)17(13-4-2-1-3-5-13)14(8-21)18(23)25-19/h1-7,10H,11H2,(H2,23,25)/p+1. The molecule has 0 saturated carbocycles. The second-order valence-electron chi connectivity index (χ2n) is 5.36. The van der Waals surface area contributed by atoms with Gasteiger partial charge in [0, 0.05) is 17.5 Å². The number of nitrogens with two attached hydrogens (primary N) is 1. The van der Waals surface area contributed by atoms with Gasteiger partial charge >= 0.3 is 0 Å². The Balaban J connectivity index is 2.06. The molecule has 3 N–H and O–H groups in total. The highest BCUT2D eigenvalue weighted by Gasteiger charge is 2.23. The van der Waals surface area contributed by atoms with Crippen molar-refractivity contribution in [3.8, 4) is 23.3 Å². The minimum atomic E-state index is 0.238. The first-order chi connectivity index (χ1) is 12.6. The lowest BCUT2D eigenvalue weighted by atomic mass is 9.97. The average Bonchev–Trinajstić information content (AvgIpc) is 2.67. The van der Waals surface area contributed by atoms with Gasteiger partial charge in [0.1, 0.15) is 28.4 Å². The molecule has 2 aromatic heterocycles. The summed E-state index contributed by atoms with van der Waals surface area (Å²) in [6, 6.07) is 17.2. The number of pyridine rings is 2. The zero-order valence-corrected chi connectivity index (χ0v) is 15.1. The molecule has 0 radical (unpaired) electrons. The van der Waals surface area contributed by atoms with E-state index in [0.29, 0.717) is 27.1 Å². The van der Waals surface area contributed by atoms with E-state index in [1.165, 1.54) is 11.8 Å². The molecule has 0 unspecified atom stereocenters. The van der Waals surface area contributed by atoms with Crippen LogP contribution in [0, 0.1) is 22.7 Å². The molecule has 0 fully saturated rings. The molecule has 0 amide bonds. The quantitative estimate of drug-likeness (QED) is 0.549. The van der Waals surface area contributed by atoms with Crippen LogP contribution in [0.15, 0.2) is 53.7 Å². The maximum atomic E-state index is 9.74. The number of aromatic amines is 1. The molecule has 3 aromatic rings. The van der Waals surface area contributed by atoms with Gasteiger partial charge in [-0.1, -0.05) is 59.8 Å². The molecule has 0 spiro atoms. The summed E-state index contributed by atoms with van der Waals surface area (Å²) in [5, 5.41) is 20.3. The van der Waals surface area contributed by atoms with Gasteiger partial charge in [0.15, 0.2) is 5.03 Å². The number of nitrogens with zero attached hydrogens (tertiary/aromatic N) is 3. The number of nitrogens with one attached hydrogen (secondary N) is 1. The maximum absolute atomic E-state index is 9.74. The van der Waals surface area contributed by atoms with Crippen LogP contribution in [0.2, 0.25) is 5.15 Å². The number of anilines is 1. The number of nitrogen functional groups attached to an aromatic ring is 1. The SMILES string of the molecule is N#Cc1c(N)[nH+]c(SCc2ccc(Cl)nc2)c(C#N)c1-c1ccccc1. The Hall–Kier alpha value is -3.06. The van der Waals surface area contributed by atoms with Crippen LogP contribution in [0.4, 0.5) is 5.82 Å². The molecule has 0 aliphatic rings. The molecule has 1 aromatic carbocycles. The largest absolute Gasteiger partial charge is 0.289 e. The topological polar surface area (TPSA) is 101 Å². The Kier molecular flexibility index (Phi) is 5.38. The first-order valence-corrected chi connectivity index (χ1v) is 8.98. The summed E-state index contributed by atoms with van der Waals surface area (Å²) in [6.07, 6.45) is 1.69. The van der Waals surface area contributed by atoms with Crippen LogP contribution in [0.5, 0.6) is 0 Å². The molecule has 0 saturated heterocycles. The minimum absolute atomic E-state index is 0.238. The van der Waals surface area contributed by atoms with E-state index in [-0.39, 0.29) is 11.4 Å². The zero-order valence-electron chi connectivity index (χ0n) is 13.5. The Labute approximate surface area is 160 Å². The van der Waals surface area contributed by atoms with Gasteiger partial charge in [-0.05, 0) is 17.2 Å². The van der Waals surface area contributed by atoms with E-state index in [1.807, 2.05) is 36.4 Å². The van der Waals surface area contributed by atoms with Crippen molar-refractivity contribution < 1.29 is 4.98 Å². The molecule has 0 aliphatic carbocycles. The lowest BCUT2D eigenvalue weighted by Crippen LogP contribution is -2.18. The Bertz CT molecular complexity index is 1020. The molecule has 3 rings (SSSR count). The third-order valence-corrected chi connectivity index (χ3v) is 5.00. The normalized spacial score (nSPS) is 10.1. The fraction of sp³-hybridized carbons (Fsp3) is 0.0526. The summed E-state index contributed by atoms with van der Waals surface area (Å²) in [5.41, 5.74) is 9.00. The monoisotopic (exact) mass is 378 g/mol. The molecule has 2 heterocycles. The van der Waals surface area contributed by atoms with Gasteiger partial charge in [-0.15, -0.1) is 0 Å². The highest BCUT2D eigenvalue weighted by atomic mass is 35.5. The number of halogens is 1. The first kappa shape index (κ1) is 17.8. The van der Waals surface area contributed by atoms with Crippen molar-refractivity contribution in [1.82, 2.24) is 4.98 Å². The van der Waals surface area contributed by atoms with Crippen molar-refractivity contribution in [3.63, 3.8) is 0 Å². The van der Waals surface area contributed by atoms with Gasteiger partial charge in [-0.2, -0.15) is 10.5 Å². The summed E-state index contributed by atoms with van der Waals surface area (Å²) in [5.74, 6) is 0.816. The predicted molar refractivity (Wildman–Crippen MR) is 101 cm³/mol. The molecule has 126 valence electrons. The molecular formula is C19H13ClN5S+. The van der Waals surface area contributed by atoms with Gasteiger partial charge in [0.2, 0.25) is 0 Å². The van der Waals surface area contributed by atoms with Gasteiger partial charge in [-0.25, -0.2) is 9.97 Å². The fourth-order valence-electron chi connectivity index (χ4n) is 2.49. The third-order valence-electron chi connectivity index (χ3n) is 3.70. The van der Waals surface area contributed by atoms with Crippen molar-refractivity contribution in [1.29, 1.82) is 10.5 Å². The average molecular weight is 379 g/mol. The van der Waals surface area contributed by atoms with E-state index in [4.69, 9.17) is 17.3 Å². The molecular weight excluding hydrogens is 366 g/mol. The number of nitriles is 2.